The number of pyridine rings is 1. The zero-order valence-corrected chi connectivity index (χ0v) is 21.6. The molecule has 0 aliphatic carbocycles. The first-order chi connectivity index (χ1) is 18.5. The fourth-order valence-corrected chi connectivity index (χ4v) is 4.39. The quantitative estimate of drug-likeness (QED) is 0.343. The number of anilines is 3. The van der Waals surface area contributed by atoms with Crippen LogP contribution in [0.5, 0.6) is 0 Å². The number of carbonyl (C=O) groups excluding carboxylic acids is 1. The molecule has 9 heteroatoms. The lowest BCUT2D eigenvalue weighted by Gasteiger charge is -2.36. The number of nitrogens with zero attached hydrogens (tertiary/aromatic N) is 5. The smallest absolute Gasteiger partial charge is 0.255 e. The molecule has 1 fully saturated rings. The number of nitrogens with one attached hydrogen (secondary N) is 2. The molecule has 4 N–H and O–H groups in total. The molecule has 1 amide bonds. The molecule has 4 aromatic rings. The number of rotatable bonds is 7. The van der Waals surface area contributed by atoms with Crippen molar-refractivity contribution in [2.45, 2.75) is 13.1 Å². The summed E-state index contributed by atoms with van der Waals surface area (Å²) in [6.07, 6.45) is 5.02. The van der Waals surface area contributed by atoms with Gasteiger partial charge in [0, 0.05) is 67.3 Å². The van der Waals surface area contributed by atoms with E-state index in [2.05, 4.69) is 42.4 Å². The highest BCUT2D eigenvalue weighted by Crippen LogP contribution is 2.25. The number of hydrogen-bond acceptors (Lipinski definition) is 8. The molecule has 0 radical (unpaired) electrons. The second kappa shape index (κ2) is 11.5. The van der Waals surface area contributed by atoms with Gasteiger partial charge in [0.15, 0.2) is 0 Å². The van der Waals surface area contributed by atoms with Gasteiger partial charge in [0.05, 0.1) is 11.9 Å². The number of aryl methyl sites for hydroxylation is 1. The number of benzene rings is 2. The van der Waals surface area contributed by atoms with E-state index in [0.717, 1.165) is 54.3 Å². The molecule has 9 nitrogen and oxygen atoms in total. The highest BCUT2D eigenvalue weighted by atomic mass is 16.1. The molecule has 1 saturated heterocycles. The summed E-state index contributed by atoms with van der Waals surface area (Å²) < 4.78 is 0. The number of nitrogens with two attached hydrogens (primary N) is 1. The maximum absolute atomic E-state index is 13.0. The Bertz CT molecular complexity index is 1390. The molecular weight excluding hydrogens is 476 g/mol. The monoisotopic (exact) mass is 508 g/mol. The summed E-state index contributed by atoms with van der Waals surface area (Å²) in [4.78, 5) is 30.7. The maximum atomic E-state index is 13.0. The van der Waals surface area contributed by atoms with Crippen LogP contribution in [-0.4, -0.2) is 63.9 Å². The van der Waals surface area contributed by atoms with Gasteiger partial charge in [-0.15, -0.1) is 0 Å². The molecule has 1 aliphatic heterocycles. The maximum Gasteiger partial charge on any atom is 0.255 e. The Morgan fingerprint density at radius 3 is 2.53 bits per heavy atom. The van der Waals surface area contributed by atoms with Crippen molar-refractivity contribution >= 4 is 23.2 Å². The molecule has 1 unspecified atom stereocenters. The molecule has 3 heterocycles. The number of piperazine rings is 1. The minimum absolute atomic E-state index is 0.176. The third-order valence-corrected chi connectivity index (χ3v) is 6.80. The highest BCUT2D eigenvalue weighted by Gasteiger charge is 2.21. The summed E-state index contributed by atoms with van der Waals surface area (Å²) in [5, 5.41) is 6.26. The molecule has 2 aromatic carbocycles. The molecule has 194 valence electrons. The van der Waals surface area contributed by atoms with Gasteiger partial charge in [0.1, 0.15) is 0 Å². The van der Waals surface area contributed by atoms with Crippen molar-refractivity contribution in [2.75, 3.05) is 43.9 Å². The molecule has 2 aromatic heterocycles. The van der Waals surface area contributed by atoms with Crippen LogP contribution in [0.3, 0.4) is 0 Å². The third-order valence-electron chi connectivity index (χ3n) is 6.80. The van der Waals surface area contributed by atoms with Gasteiger partial charge in [-0.2, -0.15) is 0 Å². The van der Waals surface area contributed by atoms with E-state index in [1.807, 2.05) is 67.6 Å². The predicted molar refractivity (Wildman–Crippen MR) is 150 cm³/mol. The number of hydrogen-bond donors (Lipinski definition) is 3. The van der Waals surface area contributed by atoms with Crippen LogP contribution >= 0.6 is 0 Å². The second-order valence-electron chi connectivity index (χ2n) is 9.52. The fourth-order valence-electron chi connectivity index (χ4n) is 4.39. The molecular formula is C29H32N8O. The van der Waals surface area contributed by atoms with Gasteiger partial charge in [0.25, 0.3) is 5.91 Å². The molecule has 5 rings (SSSR count). The van der Waals surface area contributed by atoms with Crippen molar-refractivity contribution in [3.8, 4) is 11.3 Å². The van der Waals surface area contributed by atoms with Crippen LogP contribution < -0.4 is 16.4 Å². The van der Waals surface area contributed by atoms with Crippen molar-refractivity contribution in [3.05, 3.63) is 95.9 Å². The molecule has 1 atom stereocenters. The van der Waals surface area contributed by atoms with Gasteiger partial charge >= 0.3 is 0 Å². The first-order valence-corrected chi connectivity index (χ1v) is 12.7. The van der Waals surface area contributed by atoms with Crippen molar-refractivity contribution in [2.24, 2.45) is 5.73 Å². The van der Waals surface area contributed by atoms with E-state index in [0.29, 0.717) is 17.2 Å². The van der Waals surface area contributed by atoms with Crippen molar-refractivity contribution in [1.82, 2.24) is 24.8 Å². The van der Waals surface area contributed by atoms with E-state index in [-0.39, 0.29) is 12.1 Å². The normalized spacial score (nSPS) is 15.1. The molecule has 1 aliphatic rings. The highest BCUT2D eigenvalue weighted by molar-refractivity contribution is 6.04. The summed E-state index contributed by atoms with van der Waals surface area (Å²) in [6, 6.07) is 18.9. The standard InChI is InChI=1S/C29H32N8O/c1-20-5-10-24(18-26(20)35-29-32-13-11-25(34-29)23-4-3-12-31-19-23)33-28(38)22-8-6-21(7-9-22)27(30)37-16-14-36(2)15-17-37/h3-13,18-19,27H,14-17,30H2,1-2H3,(H,33,38)(H,32,34,35). The van der Waals surface area contributed by atoms with E-state index in [1.165, 1.54) is 0 Å². The summed E-state index contributed by atoms with van der Waals surface area (Å²) in [7, 11) is 2.12. The largest absolute Gasteiger partial charge is 0.324 e. The lowest BCUT2D eigenvalue weighted by atomic mass is 10.1. The van der Waals surface area contributed by atoms with Crippen LogP contribution in [-0.2, 0) is 0 Å². The number of likely N-dealkylation sites (N-methyl/N-ethyl adjacent to an activating group) is 1. The van der Waals surface area contributed by atoms with Gasteiger partial charge in [-0.05, 0) is 67.6 Å². The summed E-state index contributed by atoms with van der Waals surface area (Å²) in [6.45, 7) is 5.86. The van der Waals surface area contributed by atoms with Crippen molar-refractivity contribution in [1.29, 1.82) is 0 Å². The Kier molecular flexibility index (Phi) is 7.69. The number of carbonyl (C=O) groups is 1. The van der Waals surface area contributed by atoms with Gasteiger partial charge < -0.3 is 21.3 Å². The zero-order chi connectivity index (χ0) is 26.5. The van der Waals surface area contributed by atoms with Crippen LogP contribution in [0.1, 0.15) is 27.7 Å². The van der Waals surface area contributed by atoms with Crippen LogP contribution in [0.15, 0.2) is 79.3 Å². The summed E-state index contributed by atoms with van der Waals surface area (Å²) in [5.74, 6) is 0.277. The van der Waals surface area contributed by atoms with E-state index in [4.69, 9.17) is 5.73 Å². The lowest BCUT2D eigenvalue weighted by molar-refractivity contribution is 0.102. The van der Waals surface area contributed by atoms with Gasteiger partial charge in [0.2, 0.25) is 5.95 Å². The van der Waals surface area contributed by atoms with Gasteiger partial charge in [-0.1, -0.05) is 18.2 Å². The van der Waals surface area contributed by atoms with Crippen LogP contribution in [0.2, 0.25) is 0 Å². The van der Waals surface area contributed by atoms with Crippen LogP contribution in [0.25, 0.3) is 11.3 Å². The molecule has 0 bridgehead atoms. The van der Waals surface area contributed by atoms with Crippen molar-refractivity contribution < 1.29 is 4.79 Å². The first kappa shape index (κ1) is 25.5. The predicted octanol–water partition coefficient (Wildman–Crippen LogP) is 4.05. The Morgan fingerprint density at radius 1 is 1.00 bits per heavy atom. The number of aromatic nitrogens is 3. The molecule has 0 spiro atoms. The minimum Gasteiger partial charge on any atom is -0.324 e. The molecule has 38 heavy (non-hydrogen) atoms. The van der Waals surface area contributed by atoms with Crippen molar-refractivity contribution in [3.63, 3.8) is 0 Å². The van der Waals surface area contributed by atoms with Gasteiger partial charge in [-0.25, -0.2) is 9.97 Å². The average Bonchev–Trinajstić information content (AvgIpc) is 2.95. The summed E-state index contributed by atoms with van der Waals surface area (Å²) in [5.41, 5.74) is 12.2. The molecule has 0 saturated carbocycles. The van der Waals surface area contributed by atoms with E-state index in [9.17, 15) is 4.79 Å². The lowest BCUT2D eigenvalue weighted by Crippen LogP contribution is -2.48. The van der Waals surface area contributed by atoms with Gasteiger partial charge in [-0.3, -0.25) is 14.7 Å². The second-order valence-corrected chi connectivity index (χ2v) is 9.52. The van der Waals surface area contributed by atoms with Crippen LogP contribution in [0.4, 0.5) is 17.3 Å². The topological polar surface area (TPSA) is 112 Å². The van der Waals surface area contributed by atoms with Crippen LogP contribution in [0, 0.1) is 6.92 Å². The third kappa shape index (κ3) is 6.03. The Balaban J connectivity index is 1.25. The van der Waals surface area contributed by atoms with E-state index in [1.54, 1.807) is 18.6 Å². The Hall–Kier alpha value is -4.18. The fraction of sp³-hybridized carbons (Fsp3) is 0.241. The Morgan fingerprint density at radius 2 is 1.79 bits per heavy atom. The van der Waals surface area contributed by atoms with E-state index < -0.39 is 0 Å². The van der Waals surface area contributed by atoms with E-state index >= 15 is 0 Å². The summed E-state index contributed by atoms with van der Waals surface area (Å²) >= 11 is 0. The minimum atomic E-state index is -0.186. The SMILES string of the molecule is Cc1ccc(NC(=O)c2ccc(C(N)N3CCN(C)CC3)cc2)cc1Nc1nccc(-c2cccnc2)n1. The first-order valence-electron chi connectivity index (χ1n) is 12.7. The zero-order valence-electron chi connectivity index (χ0n) is 21.6. The average molecular weight is 509 g/mol. The Labute approximate surface area is 222 Å². The number of amides is 1.